The number of hydrogen-bond donors (Lipinski definition) is 1. The number of nitrogens with zero attached hydrogens (tertiary/aromatic N) is 1. The Morgan fingerprint density at radius 3 is 2.60 bits per heavy atom. The Morgan fingerprint density at radius 1 is 1.30 bits per heavy atom. The smallest absolute Gasteiger partial charge is 0.277 e. The van der Waals surface area contributed by atoms with Crippen molar-refractivity contribution in [2.45, 2.75) is 19.8 Å². The quantitative estimate of drug-likeness (QED) is 0.859. The van der Waals surface area contributed by atoms with Gasteiger partial charge in [-0.15, -0.1) is 0 Å². The standard InChI is InChI=1S/C14H15BrN2O3/c1-8(2)7-17-13(19)11(12(18)16-14(17)20)9-4-3-5-10(15)6-9/h3-6,8,11H,7H2,1-2H3,(H,16,18,20). The van der Waals surface area contributed by atoms with Crippen LogP contribution in [0.5, 0.6) is 0 Å². The van der Waals surface area contributed by atoms with E-state index in [1.165, 1.54) is 0 Å². The number of carbonyl (C=O) groups excluding carboxylic acids is 3. The lowest BCUT2D eigenvalue weighted by Gasteiger charge is -2.31. The fraction of sp³-hybridized carbons (Fsp3) is 0.357. The Morgan fingerprint density at radius 2 is 2.00 bits per heavy atom. The summed E-state index contributed by atoms with van der Waals surface area (Å²) in [6.45, 7) is 4.11. The van der Waals surface area contributed by atoms with E-state index < -0.39 is 23.8 Å². The Kier molecular flexibility index (Phi) is 4.23. The molecule has 0 aromatic heterocycles. The monoisotopic (exact) mass is 338 g/mol. The van der Waals surface area contributed by atoms with Gasteiger partial charge < -0.3 is 0 Å². The lowest BCUT2D eigenvalue weighted by molar-refractivity contribution is -0.139. The van der Waals surface area contributed by atoms with Crippen LogP contribution in [0, 0.1) is 5.92 Å². The number of amides is 4. The van der Waals surface area contributed by atoms with E-state index in [2.05, 4.69) is 21.2 Å². The number of carbonyl (C=O) groups is 3. The van der Waals surface area contributed by atoms with Crippen LogP contribution in [0.2, 0.25) is 0 Å². The molecule has 4 amide bonds. The van der Waals surface area contributed by atoms with Gasteiger partial charge in [0.15, 0.2) is 0 Å². The second kappa shape index (κ2) is 5.75. The molecule has 0 bridgehead atoms. The molecule has 1 aliphatic rings. The zero-order valence-electron chi connectivity index (χ0n) is 11.2. The molecule has 1 fully saturated rings. The van der Waals surface area contributed by atoms with Crippen LogP contribution in [-0.2, 0) is 9.59 Å². The van der Waals surface area contributed by atoms with E-state index in [-0.39, 0.29) is 5.92 Å². The Labute approximate surface area is 125 Å². The minimum absolute atomic E-state index is 0.140. The van der Waals surface area contributed by atoms with Gasteiger partial charge in [0.1, 0.15) is 5.92 Å². The van der Waals surface area contributed by atoms with E-state index in [0.29, 0.717) is 12.1 Å². The summed E-state index contributed by atoms with van der Waals surface area (Å²) in [5, 5.41) is 2.25. The van der Waals surface area contributed by atoms with Gasteiger partial charge in [-0.3, -0.25) is 19.8 Å². The highest BCUT2D eigenvalue weighted by Crippen LogP contribution is 2.25. The summed E-state index contributed by atoms with van der Waals surface area (Å²) in [7, 11) is 0. The highest BCUT2D eigenvalue weighted by atomic mass is 79.9. The Hall–Kier alpha value is -1.69. The second-order valence-electron chi connectivity index (χ2n) is 5.13. The highest BCUT2D eigenvalue weighted by molar-refractivity contribution is 9.10. The van der Waals surface area contributed by atoms with E-state index >= 15 is 0 Å². The molecule has 1 heterocycles. The molecule has 5 nitrogen and oxygen atoms in total. The van der Waals surface area contributed by atoms with Gasteiger partial charge >= 0.3 is 6.03 Å². The van der Waals surface area contributed by atoms with E-state index in [1.54, 1.807) is 18.2 Å². The first-order valence-corrected chi connectivity index (χ1v) is 7.11. The number of hydrogen-bond acceptors (Lipinski definition) is 3. The molecule has 1 aliphatic heterocycles. The summed E-state index contributed by atoms with van der Waals surface area (Å²) in [4.78, 5) is 37.3. The number of rotatable bonds is 3. The topological polar surface area (TPSA) is 66.5 Å². The van der Waals surface area contributed by atoms with E-state index in [4.69, 9.17) is 0 Å². The van der Waals surface area contributed by atoms with Gasteiger partial charge in [-0.2, -0.15) is 0 Å². The van der Waals surface area contributed by atoms with Crippen LogP contribution in [0.15, 0.2) is 28.7 Å². The second-order valence-corrected chi connectivity index (χ2v) is 6.04. The van der Waals surface area contributed by atoms with Crippen molar-refractivity contribution in [1.29, 1.82) is 0 Å². The van der Waals surface area contributed by atoms with Gasteiger partial charge in [0, 0.05) is 11.0 Å². The predicted octanol–water partition coefficient (Wildman–Crippen LogP) is 2.27. The van der Waals surface area contributed by atoms with E-state index in [0.717, 1.165) is 9.37 Å². The number of imide groups is 2. The molecular formula is C14H15BrN2O3. The predicted molar refractivity (Wildman–Crippen MR) is 77.0 cm³/mol. The third-order valence-electron chi connectivity index (χ3n) is 2.98. The van der Waals surface area contributed by atoms with Crippen LogP contribution in [0.25, 0.3) is 0 Å². The van der Waals surface area contributed by atoms with Crippen LogP contribution in [0.1, 0.15) is 25.3 Å². The molecule has 1 unspecified atom stereocenters. The van der Waals surface area contributed by atoms with E-state index in [1.807, 2.05) is 19.9 Å². The zero-order chi connectivity index (χ0) is 14.9. The lowest BCUT2D eigenvalue weighted by Crippen LogP contribution is -2.57. The van der Waals surface area contributed by atoms with Gasteiger partial charge in [-0.1, -0.05) is 41.9 Å². The molecule has 0 saturated carbocycles. The molecule has 2 rings (SSSR count). The molecule has 1 atom stereocenters. The summed E-state index contributed by atoms with van der Waals surface area (Å²) in [6, 6.07) is 6.34. The van der Waals surface area contributed by atoms with Gasteiger partial charge in [-0.05, 0) is 23.6 Å². The number of urea groups is 1. The van der Waals surface area contributed by atoms with Crippen molar-refractivity contribution in [2.24, 2.45) is 5.92 Å². The molecule has 0 aliphatic carbocycles. The fourth-order valence-electron chi connectivity index (χ4n) is 2.13. The molecule has 106 valence electrons. The maximum Gasteiger partial charge on any atom is 0.330 e. The molecule has 1 aromatic carbocycles. The van der Waals surface area contributed by atoms with Crippen molar-refractivity contribution in [3.63, 3.8) is 0 Å². The molecular weight excluding hydrogens is 324 g/mol. The van der Waals surface area contributed by atoms with Crippen molar-refractivity contribution in [3.05, 3.63) is 34.3 Å². The zero-order valence-corrected chi connectivity index (χ0v) is 12.8. The number of halogens is 1. The SMILES string of the molecule is CC(C)CN1C(=O)NC(=O)C(c2cccc(Br)c2)C1=O. The van der Waals surface area contributed by atoms with Gasteiger partial charge in [0.2, 0.25) is 11.8 Å². The van der Waals surface area contributed by atoms with Crippen molar-refractivity contribution >= 4 is 33.8 Å². The minimum atomic E-state index is -0.969. The summed E-state index contributed by atoms with van der Waals surface area (Å²) in [5.41, 5.74) is 0.572. The van der Waals surface area contributed by atoms with Crippen molar-refractivity contribution in [2.75, 3.05) is 6.54 Å². The maximum absolute atomic E-state index is 12.4. The first-order chi connectivity index (χ1) is 9.40. The summed E-state index contributed by atoms with van der Waals surface area (Å²) < 4.78 is 0.780. The van der Waals surface area contributed by atoms with Gasteiger partial charge in [0.25, 0.3) is 0 Å². The van der Waals surface area contributed by atoms with Gasteiger partial charge in [-0.25, -0.2) is 4.79 Å². The minimum Gasteiger partial charge on any atom is -0.277 e. The Bertz CT molecular complexity index is 571. The number of barbiturate groups is 1. The molecule has 1 N–H and O–H groups in total. The van der Waals surface area contributed by atoms with Crippen LogP contribution >= 0.6 is 15.9 Å². The summed E-state index contributed by atoms with van der Waals surface area (Å²) >= 11 is 3.31. The van der Waals surface area contributed by atoms with Gasteiger partial charge in [0.05, 0.1) is 0 Å². The first-order valence-electron chi connectivity index (χ1n) is 6.32. The molecule has 0 spiro atoms. The van der Waals surface area contributed by atoms with Crippen molar-refractivity contribution in [3.8, 4) is 0 Å². The first kappa shape index (κ1) is 14.7. The van der Waals surface area contributed by atoms with Crippen molar-refractivity contribution in [1.82, 2.24) is 10.2 Å². The van der Waals surface area contributed by atoms with Crippen LogP contribution < -0.4 is 5.32 Å². The van der Waals surface area contributed by atoms with Crippen LogP contribution in [-0.4, -0.2) is 29.3 Å². The fourth-order valence-corrected chi connectivity index (χ4v) is 2.55. The largest absolute Gasteiger partial charge is 0.330 e. The highest BCUT2D eigenvalue weighted by Gasteiger charge is 2.41. The normalized spacial score (nSPS) is 19.5. The van der Waals surface area contributed by atoms with Crippen LogP contribution in [0.4, 0.5) is 4.79 Å². The summed E-state index contributed by atoms with van der Waals surface area (Å²) in [6.07, 6.45) is 0. The van der Waals surface area contributed by atoms with E-state index in [9.17, 15) is 14.4 Å². The summed E-state index contributed by atoms with van der Waals surface area (Å²) in [5.74, 6) is -1.87. The molecule has 1 aromatic rings. The Balaban J connectivity index is 2.34. The number of nitrogens with one attached hydrogen (secondary N) is 1. The molecule has 0 radical (unpaired) electrons. The number of benzene rings is 1. The molecule has 1 saturated heterocycles. The maximum atomic E-state index is 12.4. The average Bonchev–Trinajstić information content (AvgIpc) is 2.34. The molecule has 20 heavy (non-hydrogen) atoms. The van der Waals surface area contributed by atoms with Crippen molar-refractivity contribution < 1.29 is 14.4 Å². The lowest BCUT2D eigenvalue weighted by atomic mass is 9.95. The third-order valence-corrected chi connectivity index (χ3v) is 3.47. The van der Waals surface area contributed by atoms with Crippen LogP contribution in [0.3, 0.4) is 0 Å². The molecule has 6 heteroatoms. The third kappa shape index (κ3) is 2.90. The average molecular weight is 339 g/mol.